The van der Waals surface area contributed by atoms with Gasteiger partial charge in [0.25, 0.3) is 0 Å². The van der Waals surface area contributed by atoms with Gasteiger partial charge in [0.15, 0.2) is 5.69 Å². The highest BCUT2D eigenvalue weighted by molar-refractivity contribution is 6.62. The first-order valence-electron chi connectivity index (χ1n) is 9.18. The van der Waals surface area contributed by atoms with Crippen LogP contribution in [0.3, 0.4) is 0 Å². The van der Waals surface area contributed by atoms with Gasteiger partial charge in [-0.25, -0.2) is 4.39 Å². The molecule has 1 aliphatic heterocycles. The number of aromatic nitrogens is 1. The quantitative estimate of drug-likeness (QED) is 0.604. The molecule has 160 valence electrons. The van der Waals surface area contributed by atoms with E-state index in [2.05, 4.69) is 4.98 Å². The van der Waals surface area contributed by atoms with Gasteiger partial charge in [0.1, 0.15) is 5.82 Å². The summed E-state index contributed by atoms with van der Waals surface area (Å²) in [6.45, 7) is 8.87. The van der Waals surface area contributed by atoms with Crippen LogP contribution in [0.25, 0.3) is 11.1 Å². The van der Waals surface area contributed by atoms with Crippen molar-refractivity contribution in [1.29, 1.82) is 0 Å². The number of hydrogen-bond acceptors (Lipinski definition) is 4. The van der Waals surface area contributed by atoms with E-state index in [1.54, 1.807) is 6.92 Å². The van der Waals surface area contributed by atoms with E-state index in [0.717, 1.165) is 18.3 Å². The van der Waals surface area contributed by atoms with Crippen LogP contribution in [0.15, 0.2) is 24.4 Å². The van der Waals surface area contributed by atoms with Crippen LogP contribution in [0.5, 0.6) is 0 Å². The minimum Gasteiger partial charge on any atom is -0.399 e. The number of hydrogen-bond donors (Lipinski definition) is 1. The van der Waals surface area contributed by atoms with Crippen LogP contribution in [0.2, 0.25) is 0 Å². The average molecular weight is 424 g/mol. The summed E-state index contributed by atoms with van der Waals surface area (Å²) in [5.41, 5.74) is 1.57. The Bertz CT molecular complexity index is 1010. The monoisotopic (exact) mass is 424 g/mol. The molecule has 2 heterocycles. The van der Waals surface area contributed by atoms with E-state index in [4.69, 9.17) is 15.0 Å². The maximum Gasteiger partial charge on any atom is 0.495 e. The van der Waals surface area contributed by atoms with Crippen molar-refractivity contribution in [2.75, 3.05) is 0 Å². The van der Waals surface area contributed by atoms with Gasteiger partial charge in [-0.15, -0.1) is 0 Å². The second kappa shape index (κ2) is 7.06. The first-order chi connectivity index (χ1) is 13.7. The van der Waals surface area contributed by atoms with Gasteiger partial charge in [-0.1, -0.05) is 6.07 Å². The van der Waals surface area contributed by atoms with Crippen LogP contribution in [0.4, 0.5) is 17.6 Å². The Balaban J connectivity index is 2.25. The lowest BCUT2D eigenvalue weighted by atomic mass is 9.74. The van der Waals surface area contributed by atoms with E-state index >= 15 is 0 Å². The van der Waals surface area contributed by atoms with E-state index in [0.29, 0.717) is 11.0 Å². The van der Waals surface area contributed by atoms with Gasteiger partial charge in [0.05, 0.1) is 16.8 Å². The number of benzene rings is 1. The molecule has 1 aliphatic rings. The standard InChI is InChI=1S/C20H21BF4N2O3/c1-10-8-14(22)12(9-13(10)21-29-18(2,3)19(4,5)30-21)15-11(17(26)28)6-7-27-16(15)20(23,24)25/h6-9H,1-5H3,(H2,26,28). The fourth-order valence-electron chi connectivity index (χ4n) is 3.26. The Morgan fingerprint density at radius 3 is 2.20 bits per heavy atom. The molecule has 30 heavy (non-hydrogen) atoms. The van der Waals surface area contributed by atoms with Crippen molar-refractivity contribution in [2.45, 2.75) is 52.0 Å². The maximum atomic E-state index is 14.9. The minimum absolute atomic E-state index is 0.345. The fraction of sp³-hybridized carbons (Fsp3) is 0.400. The molecular formula is C20H21BF4N2O3. The van der Waals surface area contributed by atoms with Crippen molar-refractivity contribution in [3.8, 4) is 11.1 Å². The van der Waals surface area contributed by atoms with Crippen LogP contribution in [-0.2, 0) is 15.5 Å². The minimum atomic E-state index is -4.93. The summed E-state index contributed by atoms with van der Waals surface area (Å²) in [6.07, 6.45) is -4.11. The third kappa shape index (κ3) is 3.69. The van der Waals surface area contributed by atoms with Crippen molar-refractivity contribution in [3.63, 3.8) is 0 Å². The van der Waals surface area contributed by atoms with Gasteiger partial charge >= 0.3 is 13.3 Å². The molecule has 2 N–H and O–H groups in total. The summed E-state index contributed by atoms with van der Waals surface area (Å²) < 4.78 is 67.6. The van der Waals surface area contributed by atoms with Crippen LogP contribution in [0.1, 0.15) is 49.3 Å². The third-order valence-electron chi connectivity index (χ3n) is 5.62. The number of carbonyl (C=O) groups excluding carboxylic acids is 1. The molecule has 0 saturated carbocycles. The smallest absolute Gasteiger partial charge is 0.399 e. The number of amides is 1. The zero-order valence-electron chi connectivity index (χ0n) is 17.1. The molecular weight excluding hydrogens is 403 g/mol. The van der Waals surface area contributed by atoms with Crippen LogP contribution < -0.4 is 11.2 Å². The summed E-state index contributed by atoms with van der Waals surface area (Å²) in [4.78, 5) is 15.2. The number of aryl methyl sites for hydroxylation is 1. The lowest BCUT2D eigenvalue weighted by molar-refractivity contribution is -0.140. The van der Waals surface area contributed by atoms with Gasteiger partial charge in [-0.2, -0.15) is 13.2 Å². The van der Waals surface area contributed by atoms with Gasteiger partial charge in [-0.05, 0) is 57.8 Å². The second-order valence-electron chi connectivity index (χ2n) is 8.22. The van der Waals surface area contributed by atoms with Gasteiger partial charge in [0.2, 0.25) is 5.91 Å². The summed E-state index contributed by atoms with van der Waals surface area (Å²) >= 11 is 0. The van der Waals surface area contributed by atoms with E-state index in [1.807, 2.05) is 27.7 Å². The molecule has 0 spiro atoms. The topological polar surface area (TPSA) is 74.4 Å². The second-order valence-corrected chi connectivity index (χ2v) is 8.22. The zero-order valence-corrected chi connectivity index (χ0v) is 17.1. The Kier molecular flexibility index (Phi) is 5.23. The summed E-state index contributed by atoms with van der Waals surface area (Å²) in [5.74, 6) is -2.08. The highest BCUT2D eigenvalue weighted by atomic mass is 19.4. The number of nitrogens with zero attached hydrogens (tertiary/aromatic N) is 1. The average Bonchev–Trinajstić information content (AvgIpc) is 2.81. The first-order valence-corrected chi connectivity index (χ1v) is 9.18. The van der Waals surface area contributed by atoms with Crippen LogP contribution >= 0.6 is 0 Å². The molecule has 0 bridgehead atoms. The molecule has 0 radical (unpaired) electrons. The first kappa shape index (κ1) is 22.2. The lowest BCUT2D eigenvalue weighted by Crippen LogP contribution is -2.41. The van der Waals surface area contributed by atoms with Crippen molar-refractivity contribution in [1.82, 2.24) is 4.98 Å². The maximum absolute atomic E-state index is 14.9. The molecule has 2 aromatic rings. The zero-order chi connectivity index (χ0) is 22.6. The van der Waals surface area contributed by atoms with E-state index in [9.17, 15) is 22.4 Å². The molecule has 3 rings (SSSR count). The number of pyridine rings is 1. The number of carbonyl (C=O) groups is 1. The van der Waals surface area contributed by atoms with Gasteiger partial charge in [-0.3, -0.25) is 9.78 Å². The van der Waals surface area contributed by atoms with E-state index < -0.39 is 58.6 Å². The summed E-state index contributed by atoms with van der Waals surface area (Å²) in [6, 6.07) is 3.31. The lowest BCUT2D eigenvalue weighted by Gasteiger charge is -2.32. The fourth-order valence-corrected chi connectivity index (χ4v) is 3.26. The van der Waals surface area contributed by atoms with Crippen molar-refractivity contribution >= 4 is 18.5 Å². The normalized spacial score (nSPS) is 18.0. The molecule has 0 atom stereocenters. The molecule has 0 aliphatic carbocycles. The molecule has 1 fully saturated rings. The predicted molar refractivity (Wildman–Crippen MR) is 104 cm³/mol. The summed E-state index contributed by atoms with van der Waals surface area (Å²) in [5, 5.41) is 0. The molecule has 5 nitrogen and oxygen atoms in total. The van der Waals surface area contributed by atoms with Gasteiger partial charge < -0.3 is 15.0 Å². The molecule has 10 heteroatoms. The number of primary amides is 1. The van der Waals surface area contributed by atoms with Crippen molar-refractivity contribution in [3.05, 3.63) is 47.0 Å². The van der Waals surface area contributed by atoms with Crippen LogP contribution in [0, 0.1) is 12.7 Å². The molecule has 1 saturated heterocycles. The van der Waals surface area contributed by atoms with Crippen molar-refractivity contribution in [2.24, 2.45) is 5.73 Å². The highest BCUT2D eigenvalue weighted by Gasteiger charge is 2.52. The van der Waals surface area contributed by atoms with Crippen LogP contribution in [-0.4, -0.2) is 29.2 Å². The van der Waals surface area contributed by atoms with E-state index in [-0.39, 0.29) is 0 Å². The van der Waals surface area contributed by atoms with Crippen molar-refractivity contribution < 1.29 is 31.7 Å². The summed E-state index contributed by atoms with van der Waals surface area (Å²) in [7, 11) is -0.933. The Morgan fingerprint density at radius 1 is 1.13 bits per heavy atom. The number of halogens is 4. The molecule has 1 amide bonds. The number of nitrogens with two attached hydrogens (primary N) is 1. The SMILES string of the molecule is Cc1cc(F)c(-c2c(C(N)=O)ccnc2C(F)(F)F)cc1B1OC(C)(C)C(C)(C)O1. The Labute approximate surface area is 171 Å². The van der Waals surface area contributed by atoms with Gasteiger partial charge in [0, 0.05) is 17.3 Å². The molecule has 0 unspecified atom stereocenters. The molecule has 1 aromatic heterocycles. The third-order valence-corrected chi connectivity index (χ3v) is 5.62. The largest absolute Gasteiger partial charge is 0.495 e. The number of alkyl halides is 3. The highest BCUT2D eigenvalue weighted by Crippen LogP contribution is 2.40. The number of rotatable bonds is 3. The van der Waals surface area contributed by atoms with E-state index in [1.165, 1.54) is 6.07 Å². The Hall–Kier alpha value is -2.46. The predicted octanol–water partition coefficient (Wildman–Crippen LogP) is 3.61. The Morgan fingerprint density at radius 2 is 1.70 bits per heavy atom. The molecule has 1 aromatic carbocycles.